The molecule has 1 aliphatic rings. The predicted octanol–water partition coefficient (Wildman–Crippen LogP) is 6.42. The molecule has 0 unspecified atom stereocenters. The lowest BCUT2D eigenvalue weighted by Crippen LogP contribution is -2.40. The fourth-order valence-electron chi connectivity index (χ4n) is 5.06. The van der Waals surface area contributed by atoms with Gasteiger partial charge in [-0.3, -0.25) is 9.36 Å². The van der Waals surface area contributed by atoms with Gasteiger partial charge in [0.2, 0.25) is 0 Å². The third kappa shape index (κ3) is 6.85. The molecule has 0 radical (unpaired) electrons. The van der Waals surface area contributed by atoms with Gasteiger partial charge >= 0.3 is 5.97 Å². The van der Waals surface area contributed by atoms with Crippen molar-refractivity contribution < 1.29 is 28.5 Å². The molecule has 1 aliphatic heterocycles. The quantitative estimate of drug-likeness (QED) is 0.134. The minimum atomic E-state index is -0.844. The Balaban J connectivity index is 1.62. The Labute approximate surface area is 296 Å². The molecule has 0 N–H and O–H groups in total. The van der Waals surface area contributed by atoms with Gasteiger partial charge in [-0.2, -0.15) is 0 Å². The normalized spacial score (nSPS) is 14.4. The highest BCUT2D eigenvalue weighted by molar-refractivity contribution is 14.1. The summed E-state index contributed by atoms with van der Waals surface area (Å²) in [5.74, 6) is 1.47. The van der Waals surface area contributed by atoms with Crippen LogP contribution in [0.5, 0.6) is 23.0 Å². The SMILES string of the molecule is CCOC(=O)C1=C(C)N=c2s/c(=C\c3cc(I)c(OCc4cccc(Cl)c4)c(OC)c3)c(=O)n2[C@H]1c1cc(OC)c(OC)cc1Br. The molecule has 1 atom stereocenters. The first kappa shape index (κ1) is 34.0. The molecule has 2 heterocycles. The van der Waals surface area contributed by atoms with Crippen LogP contribution in [0.25, 0.3) is 6.08 Å². The first-order valence-corrected chi connectivity index (χ1v) is 17.0. The van der Waals surface area contributed by atoms with Crippen LogP contribution in [0.4, 0.5) is 0 Å². The van der Waals surface area contributed by atoms with Crippen LogP contribution in [0, 0.1) is 3.57 Å². The first-order valence-electron chi connectivity index (χ1n) is 14.0. The van der Waals surface area contributed by atoms with E-state index in [4.69, 9.17) is 35.3 Å². The van der Waals surface area contributed by atoms with Gasteiger partial charge in [0, 0.05) is 9.50 Å². The molecular formula is C33H29BrClIN2O7S. The Morgan fingerprint density at radius 3 is 2.48 bits per heavy atom. The van der Waals surface area contributed by atoms with Crippen LogP contribution in [0.3, 0.4) is 0 Å². The molecule has 0 saturated heterocycles. The van der Waals surface area contributed by atoms with Gasteiger partial charge in [0.15, 0.2) is 27.8 Å². The third-order valence-electron chi connectivity index (χ3n) is 7.14. The van der Waals surface area contributed by atoms with Crippen molar-refractivity contribution >= 4 is 73.5 Å². The zero-order valence-corrected chi connectivity index (χ0v) is 30.8. The number of rotatable bonds is 10. The van der Waals surface area contributed by atoms with E-state index in [1.54, 1.807) is 39.2 Å². The first-order chi connectivity index (χ1) is 22.1. The summed E-state index contributed by atoms with van der Waals surface area (Å²) in [7, 11) is 4.63. The number of fused-ring (bicyclic) bond motifs is 1. The number of aromatic nitrogens is 1. The van der Waals surface area contributed by atoms with E-state index in [2.05, 4.69) is 43.5 Å². The lowest BCUT2D eigenvalue weighted by atomic mass is 9.95. The van der Waals surface area contributed by atoms with Gasteiger partial charge in [0.1, 0.15) is 6.61 Å². The number of nitrogens with zero attached hydrogens (tertiary/aromatic N) is 2. The smallest absolute Gasteiger partial charge is 0.338 e. The molecular weight excluding hydrogens is 811 g/mol. The fraction of sp³-hybridized carbons (Fsp3) is 0.242. The summed E-state index contributed by atoms with van der Waals surface area (Å²) in [4.78, 5) is 32.6. The molecule has 4 aromatic rings. The van der Waals surface area contributed by atoms with Crippen LogP contribution in [0.1, 0.15) is 36.6 Å². The molecule has 1 aromatic heterocycles. The van der Waals surface area contributed by atoms with Gasteiger partial charge < -0.3 is 23.7 Å². The second kappa shape index (κ2) is 14.6. The van der Waals surface area contributed by atoms with Gasteiger partial charge in [0.05, 0.1) is 53.4 Å². The molecule has 0 fully saturated rings. The van der Waals surface area contributed by atoms with E-state index in [0.29, 0.717) is 59.7 Å². The van der Waals surface area contributed by atoms with Crippen molar-refractivity contribution in [3.05, 3.63) is 109 Å². The summed E-state index contributed by atoms with van der Waals surface area (Å²) in [6.07, 6.45) is 1.78. The van der Waals surface area contributed by atoms with Crippen molar-refractivity contribution in [2.45, 2.75) is 26.5 Å². The molecule has 46 heavy (non-hydrogen) atoms. The minimum absolute atomic E-state index is 0.166. The number of esters is 1. The van der Waals surface area contributed by atoms with E-state index in [1.807, 2.05) is 36.4 Å². The topological polar surface area (TPSA) is 97.6 Å². The number of ether oxygens (including phenoxy) is 5. The second-order valence-electron chi connectivity index (χ2n) is 9.98. The maximum absolute atomic E-state index is 14.2. The summed E-state index contributed by atoms with van der Waals surface area (Å²) >= 11 is 13.2. The monoisotopic (exact) mass is 838 g/mol. The largest absolute Gasteiger partial charge is 0.493 e. The Morgan fingerprint density at radius 1 is 1.09 bits per heavy atom. The second-order valence-corrected chi connectivity index (χ2v) is 13.4. The predicted molar refractivity (Wildman–Crippen MR) is 189 cm³/mol. The van der Waals surface area contributed by atoms with Gasteiger partial charge in [0.25, 0.3) is 5.56 Å². The van der Waals surface area contributed by atoms with Crippen molar-refractivity contribution in [2.24, 2.45) is 4.99 Å². The molecule has 0 spiro atoms. The molecule has 3 aromatic carbocycles. The number of carbonyl (C=O) groups excluding carboxylic acids is 1. The van der Waals surface area contributed by atoms with E-state index in [1.165, 1.54) is 30.1 Å². The van der Waals surface area contributed by atoms with Crippen LogP contribution in [0.15, 0.2) is 74.1 Å². The maximum atomic E-state index is 14.2. The summed E-state index contributed by atoms with van der Waals surface area (Å²) in [6.45, 7) is 3.94. The van der Waals surface area contributed by atoms with E-state index in [9.17, 15) is 9.59 Å². The number of halogens is 3. The molecule has 13 heteroatoms. The number of carbonyl (C=O) groups is 1. The Kier molecular flexibility index (Phi) is 10.8. The number of benzene rings is 3. The zero-order valence-electron chi connectivity index (χ0n) is 25.5. The number of allylic oxidation sites excluding steroid dienone is 1. The average Bonchev–Trinajstić information content (AvgIpc) is 3.33. The van der Waals surface area contributed by atoms with Crippen LogP contribution >= 0.6 is 61.5 Å². The number of methoxy groups -OCH3 is 3. The number of hydrogen-bond acceptors (Lipinski definition) is 9. The summed E-state index contributed by atoms with van der Waals surface area (Å²) in [5, 5.41) is 0.630. The highest BCUT2D eigenvalue weighted by atomic mass is 127. The van der Waals surface area contributed by atoms with E-state index >= 15 is 0 Å². The molecule has 0 amide bonds. The van der Waals surface area contributed by atoms with Crippen molar-refractivity contribution in [3.63, 3.8) is 0 Å². The zero-order chi connectivity index (χ0) is 33.1. The van der Waals surface area contributed by atoms with E-state index in [-0.39, 0.29) is 17.7 Å². The Bertz CT molecular complexity index is 2040. The summed E-state index contributed by atoms with van der Waals surface area (Å²) in [5.41, 5.74) is 2.65. The van der Waals surface area contributed by atoms with Crippen LogP contribution < -0.4 is 33.8 Å². The maximum Gasteiger partial charge on any atom is 0.338 e. The molecule has 5 rings (SSSR count). The molecule has 240 valence electrons. The molecule has 9 nitrogen and oxygen atoms in total. The van der Waals surface area contributed by atoms with Crippen molar-refractivity contribution in [1.82, 2.24) is 4.57 Å². The van der Waals surface area contributed by atoms with Crippen LogP contribution in [0.2, 0.25) is 5.02 Å². The van der Waals surface area contributed by atoms with Crippen LogP contribution in [-0.2, 0) is 16.1 Å². The molecule has 0 bridgehead atoms. The average molecular weight is 840 g/mol. The molecule has 0 saturated carbocycles. The van der Waals surface area contributed by atoms with Gasteiger partial charge in [-0.1, -0.05) is 51.0 Å². The lowest BCUT2D eigenvalue weighted by Gasteiger charge is -2.26. The summed E-state index contributed by atoms with van der Waals surface area (Å²) < 4.78 is 31.6. The Hall–Kier alpha value is -3.33. The fourth-order valence-corrected chi connectivity index (χ4v) is 7.64. The van der Waals surface area contributed by atoms with Crippen molar-refractivity contribution in [2.75, 3.05) is 27.9 Å². The summed E-state index contributed by atoms with van der Waals surface area (Å²) in [6, 6.07) is 13.8. The highest BCUT2D eigenvalue weighted by Gasteiger charge is 2.35. The van der Waals surface area contributed by atoms with Crippen molar-refractivity contribution in [1.29, 1.82) is 0 Å². The highest BCUT2D eigenvalue weighted by Crippen LogP contribution is 2.41. The van der Waals surface area contributed by atoms with E-state index < -0.39 is 12.0 Å². The van der Waals surface area contributed by atoms with Gasteiger partial charge in [-0.15, -0.1) is 0 Å². The number of hydrogen-bond donors (Lipinski definition) is 0. The lowest BCUT2D eigenvalue weighted by molar-refractivity contribution is -0.139. The standard InChI is InChI=1S/C33H29BrClIN2O7S/c1-6-44-32(40)28-17(2)37-33-38(29(28)21-14-24(41-3)25(42-4)15-22(21)34)31(39)27(46-33)13-19-11-23(36)30(26(12-19)43-5)45-16-18-8-7-9-20(35)10-18/h7-15,29H,6,16H2,1-5H3/b27-13-/t29-/m0/s1. The minimum Gasteiger partial charge on any atom is -0.493 e. The number of thiazole rings is 1. The Morgan fingerprint density at radius 2 is 1.80 bits per heavy atom. The van der Waals surface area contributed by atoms with Gasteiger partial charge in [-0.25, -0.2) is 9.79 Å². The third-order valence-corrected chi connectivity index (χ3v) is 9.84. The van der Waals surface area contributed by atoms with Crippen LogP contribution in [-0.4, -0.2) is 38.5 Å². The van der Waals surface area contributed by atoms with E-state index in [0.717, 1.165) is 14.7 Å². The van der Waals surface area contributed by atoms with Crippen molar-refractivity contribution in [3.8, 4) is 23.0 Å². The van der Waals surface area contributed by atoms with Gasteiger partial charge in [-0.05, 0) is 95.6 Å². The molecule has 0 aliphatic carbocycles.